The van der Waals surface area contributed by atoms with Crippen molar-refractivity contribution in [2.75, 3.05) is 4.90 Å². The van der Waals surface area contributed by atoms with Crippen LogP contribution in [0.15, 0.2) is 87.0 Å². The number of carbonyl (C=O) groups is 2. The Labute approximate surface area is 203 Å². The minimum absolute atomic E-state index is 0.0220. The number of nitrogens with zero attached hydrogens (tertiary/aromatic N) is 1. The largest absolute Gasteiger partial charge is 0.508 e. The van der Waals surface area contributed by atoms with Crippen molar-refractivity contribution in [2.45, 2.75) is 19.9 Å². The monoisotopic (exact) mass is 517 g/mol. The topological polar surface area (TPSA) is 91.0 Å². The lowest BCUT2D eigenvalue weighted by atomic mass is 9.94. The predicted molar refractivity (Wildman–Crippen MR) is 132 cm³/mol. The van der Waals surface area contributed by atoms with E-state index >= 15 is 0 Å². The molecule has 4 aromatic rings. The summed E-state index contributed by atoms with van der Waals surface area (Å²) in [7, 11) is 0. The molecule has 6 nitrogen and oxygen atoms in total. The number of phenols is 1. The van der Waals surface area contributed by atoms with E-state index in [1.54, 1.807) is 36.4 Å². The standard InChI is InChI=1S/C27H20BrNO5/c1-14-3-9-20(15(2)11-14)29-24(16-4-7-19(30)8-5-16)23(26(32)27(29)33)25(31)22-13-17-12-18(28)6-10-21(17)34-22/h3-13,24,30,32H,1-2H3. The highest BCUT2D eigenvalue weighted by Crippen LogP contribution is 2.43. The number of phenolic OH excluding ortho intramolecular Hbond substituents is 1. The number of amides is 1. The number of benzene rings is 3. The van der Waals surface area contributed by atoms with Crippen LogP contribution in [0.5, 0.6) is 5.75 Å². The van der Waals surface area contributed by atoms with E-state index in [4.69, 9.17) is 4.42 Å². The van der Waals surface area contributed by atoms with Crippen LogP contribution in [0.25, 0.3) is 11.0 Å². The number of rotatable bonds is 4. The highest BCUT2D eigenvalue weighted by molar-refractivity contribution is 9.10. The summed E-state index contributed by atoms with van der Waals surface area (Å²) >= 11 is 3.41. The first-order valence-corrected chi connectivity index (χ1v) is 11.4. The molecular formula is C27H20BrNO5. The summed E-state index contributed by atoms with van der Waals surface area (Å²) in [6, 6.07) is 17.9. The van der Waals surface area contributed by atoms with Gasteiger partial charge in [0.25, 0.3) is 5.91 Å². The van der Waals surface area contributed by atoms with Gasteiger partial charge in [-0.25, -0.2) is 0 Å². The average Bonchev–Trinajstić information content (AvgIpc) is 3.33. The average molecular weight is 518 g/mol. The Hall–Kier alpha value is -3.84. The van der Waals surface area contributed by atoms with Gasteiger partial charge in [-0.2, -0.15) is 0 Å². The Kier molecular flexibility index (Phi) is 5.29. The third kappa shape index (κ3) is 3.58. The maximum Gasteiger partial charge on any atom is 0.294 e. The SMILES string of the molecule is Cc1ccc(N2C(=O)C(O)=C(C(=O)c3cc4cc(Br)ccc4o3)C2c2ccc(O)cc2)c(C)c1. The van der Waals surface area contributed by atoms with Gasteiger partial charge < -0.3 is 14.6 Å². The van der Waals surface area contributed by atoms with Gasteiger partial charge in [0.15, 0.2) is 11.5 Å². The molecule has 1 aromatic heterocycles. The number of aliphatic hydroxyl groups is 1. The van der Waals surface area contributed by atoms with Crippen molar-refractivity contribution in [1.29, 1.82) is 0 Å². The number of carbonyl (C=O) groups excluding carboxylic acids is 2. The zero-order valence-corrected chi connectivity index (χ0v) is 20.0. The van der Waals surface area contributed by atoms with Crippen molar-refractivity contribution < 1.29 is 24.2 Å². The maximum atomic E-state index is 13.7. The number of hydrogen-bond donors (Lipinski definition) is 2. The molecule has 1 unspecified atom stereocenters. The van der Waals surface area contributed by atoms with Crippen molar-refractivity contribution in [2.24, 2.45) is 0 Å². The summed E-state index contributed by atoms with van der Waals surface area (Å²) in [4.78, 5) is 28.4. The molecule has 0 fully saturated rings. The number of hydrogen-bond acceptors (Lipinski definition) is 5. The molecule has 34 heavy (non-hydrogen) atoms. The molecular weight excluding hydrogens is 498 g/mol. The minimum atomic E-state index is -0.901. The Morgan fingerprint density at radius 2 is 1.71 bits per heavy atom. The van der Waals surface area contributed by atoms with Crippen LogP contribution < -0.4 is 4.90 Å². The molecule has 0 radical (unpaired) electrons. The zero-order chi connectivity index (χ0) is 24.1. The normalized spacial score (nSPS) is 16.0. The van der Waals surface area contributed by atoms with Gasteiger partial charge >= 0.3 is 0 Å². The van der Waals surface area contributed by atoms with Crippen LogP contribution in [0.3, 0.4) is 0 Å². The fourth-order valence-electron chi connectivity index (χ4n) is 4.39. The lowest BCUT2D eigenvalue weighted by molar-refractivity contribution is -0.117. The molecule has 0 saturated carbocycles. The number of Topliss-reactive ketones (excluding diaryl/α,β-unsaturated/α-hetero) is 1. The quantitative estimate of drug-likeness (QED) is 0.310. The summed E-state index contributed by atoms with van der Waals surface area (Å²) in [5.41, 5.74) is 3.44. The summed E-state index contributed by atoms with van der Waals surface area (Å²) in [6.07, 6.45) is 0. The molecule has 2 heterocycles. The van der Waals surface area contributed by atoms with Crippen LogP contribution in [0.4, 0.5) is 5.69 Å². The zero-order valence-electron chi connectivity index (χ0n) is 18.4. The number of aryl methyl sites for hydroxylation is 2. The third-order valence-electron chi connectivity index (χ3n) is 5.98. The Morgan fingerprint density at radius 3 is 2.41 bits per heavy atom. The van der Waals surface area contributed by atoms with Gasteiger partial charge in [-0.1, -0.05) is 45.8 Å². The van der Waals surface area contributed by atoms with Crippen LogP contribution in [-0.4, -0.2) is 21.9 Å². The Bertz CT molecular complexity index is 1500. The molecule has 7 heteroatoms. The number of halogens is 1. The first-order chi connectivity index (χ1) is 16.2. The molecule has 0 spiro atoms. The molecule has 0 aliphatic carbocycles. The maximum absolute atomic E-state index is 13.7. The van der Waals surface area contributed by atoms with Gasteiger partial charge in [0.1, 0.15) is 11.3 Å². The smallest absolute Gasteiger partial charge is 0.294 e. The Morgan fingerprint density at radius 1 is 0.971 bits per heavy atom. The molecule has 0 bridgehead atoms. The molecule has 1 aliphatic heterocycles. The van der Waals surface area contributed by atoms with E-state index in [1.165, 1.54) is 17.0 Å². The van der Waals surface area contributed by atoms with Crippen molar-refractivity contribution in [3.8, 4) is 5.75 Å². The van der Waals surface area contributed by atoms with Gasteiger partial charge in [0, 0.05) is 15.5 Å². The van der Waals surface area contributed by atoms with E-state index in [1.807, 2.05) is 32.0 Å². The fraction of sp³-hybridized carbons (Fsp3) is 0.111. The molecule has 1 amide bonds. The fourth-order valence-corrected chi connectivity index (χ4v) is 4.77. The van der Waals surface area contributed by atoms with E-state index in [-0.39, 0.29) is 17.1 Å². The summed E-state index contributed by atoms with van der Waals surface area (Å²) in [5, 5.41) is 21.4. The van der Waals surface area contributed by atoms with Gasteiger partial charge in [-0.15, -0.1) is 0 Å². The van der Waals surface area contributed by atoms with Gasteiger partial charge in [-0.3, -0.25) is 14.5 Å². The molecule has 1 atom stereocenters. The van der Waals surface area contributed by atoms with E-state index in [0.717, 1.165) is 21.0 Å². The van der Waals surface area contributed by atoms with Crippen molar-refractivity contribution >= 4 is 44.3 Å². The van der Waals surface area contributed by atoms with Crippen LogP contribution >= 0.6 is 15.9 Å². The van der Waals surface area contributed by atoms with Crippen molar-refractivity contribution in [3.63, 3.8) is 0 Å². The summed E-state index contributed by atoms with van der Waals surface area (Å²) in [5.74, 6) is -1.80. The number of ketones is 1. The lowest BCUT2D eigenvalue weighted by Gasteiger charge is -2.28. The molecule has 170 valence electrons. The number of aliphatic hydroxyl groups excluding tert-OH is 1. The van der Waals surface area contributed by atoms with Crippen molar-refractivity contribution in [3.05, 3.63) is 105 Å². The van der Waals surface area contributed by atoms with Gasteiger partial charge in [-0.05, 0) is 67.4 Å². The van der Waals surface area contributed by atoms with E-state index in [0.29, 0.717) is 16.8 Å². The molecule has 1 aliphatic rings. The first kappa shape index (κ1) is 22.0. The van der Waals surface area contributed by atoms with Crippen LogP contribution in [0.2, 0.25) is 0 Å². The lowest BCUT2D eigenvalue weighted by Crippen LogP contribution is -2.31. The third-order valence-corrected chi connectivity index (χ3v) is 6.47. The van der Waals surface area contributed by atoms with Gasteiger partial charge in [0.05, 0.1) is 11.6 Å². The second-order valence-electron chi connectivity index (χ2n) is 8.34. The number of aromatic hydroxyl groups is 1. The van der Waals surface area contributed by atoms with Crippen LogP contribution in [-0.2, 0) is 4.79 Å². The van der Waals surface area contributed by atoms with Crippen LogP contribution in [0, 0.1) is 13.8 Å². The number of furan rings is 1. The molecule has 5 rings (SSSR count). The van der Waals surface area contributed by atoms with E-state index in [9.17, 15) is 19.8 Å². The van der Waals surface area contributed by atoms with E-state index < -0.39 is 23.5 Å². The second-order valence-corrected chi connectivity index (χ2v) is 9.26. The summed E-state index contributed by atoms with van der Waals surface area (Å²) in [6.45, 7) is 3.82. The van der Waals surface area contributed by atoms with Gasteiger partial charge in [0.2, 0.25) is 5.78 Å². The Balaban J connectivity index is 1.67. The number of fused-ring (bicyclic) bond motifs is 1. The van der Waals surface area contributed by atoms with Crippen molar-refractivity contribution in [1.82, 2.24) is 0 Å². The highest BCUT2D eigenvalue weighted by atomic mass is 79.9. The molecule has 3 aromatic carbocycles. The van der Waals surface area contributed by atoms with Crippen LogP contribution in [0.1, 0.15) is 33.3 Å². The predicted octanol–water partition coefficient (Wildman–Crippen LogP) is 6.30. The molecule has 0 saturated heterocycles. The minimum Gasteiger partial charge on any atom is -0.508 e. The molecule has 2 N–H and O–H groups in total. The highest BCUT2D eigenvalue weighted by Gasteiger charge is 2.45. The van der Waals surface area contributed by atoms with E-state index in [2.05, 4.69) is 15.9 Å². The second kappa shape index (κ2) is 8.18. The summed E-state index contributed by atoms with van der Waals surface area (Å²) < 4.78 is 6.61. The first-order valence-electron chi connectivity index (χ1n) is 10.6. The number of anilines is 1.